The van der Waals surface area contributed by atoms with Gasteiger partial charge in [-0.3, -0.25) is 5.32 Å². The molecule has 0 aromatic carbocycles. The van der Waals surface area contributed by atoms with E-state index < -0.39 is 0 Å². The van der Waals surface area contributed by atoms with Crippen molar-refractivity contribution in [2.45, 2.75) is 6.54 Å². The second kappa shape index (κ2) is 3.55. The molecule has 1 N–H and O–H groups in total. The standard InChI is InChI=1S/C10H10ClN3O/c1-3-6-4-8(11)7-5-14(2)10(15)13-9(7)12-6/h3-4H,1,5H2,2H3,(H,12,13,15). The summed E-state index contributed by atoms with van der Waals surface area (Å²) in [5, 5.41) is 3.27. The van der Waals surface area contributed by atoms with Gasteiger partial charge in [-0.1, -0.05) is 18.2 Å². The third kappa shape index (κ3) is 1.68. The average Bonchev–Trinajstić information content (AvgIpc) is 2.21. The van der Waals surface area contributed by atoms with E-state index in [0.717, 1.165) is 5.56 Å². The number of fused-ring (bicyclic) bond motifs is 1. The molecule has 0 unspecified atom stereocenters. The number of halogens is 1. The lowest BCUT2D eigenvalue weighted by Gasteiger charge is -2.25. The first-order valence-electron chi connectivity index (χ1n) is 4.46. The lowest BCUT2D eigenvalue weighted by atomic mass is 10.2. The monoisotopic (exact) mass is 223 g/mol. The lowest BCUT2D eigenvalue weighted by molar-refractivity contribution is 0.218. The van der Waals surface area contributed by atoms with Crippen molar-refractivity contribution in [1.82, 2.24) is 9.88 Å². The van der Waals surface area contributed by atoms with Gasteiger partial charge in [-0.25, -0.2) is 9.78 Å². The van der Waals surface area contributed by atoms with E-state index in [9.17, 15) is 4.79 Å². The molecular formula is C10H10ClN3O. The number of nitrogens with one attached hydrogen (secondary N) is 1. The number of amides is 2. The van der Waals surface area contributed by atoms with Gasteiger partial charge in [-0.05, 0) is 12.1 Å². The Balaban J connectivity index is 2.52. The van der Waals surface area contributed by atoms with Crippen molar-refractivity contribution in [1.29, 1.82) is 0 Å². The van der Waals surface area contributed by atoms with Crippen molar-refractivity contribution < 1.29 is 4.79 Å². The summed E-state index contributed by atoms with van der Waals surface area (Å²) < 4.78 is 0. The van der Waals surface area contributed by atoms with Gasteiger partial charge in [0.2, 0.25) is 0 Å². The Labute approximate surface area is 92.6 Å². The van der Waals surface area contributed by atoms with Crippen LogP contribution in [0.2, 0.25) is 5.02 Å². The molecule has 0 atom stereocenters. The molecule has 0 aliphatic carbocycles. The van der Waals surface area contributed by atoms with E-state index in [4.69, 9.17) is 11.6 Å². The number of aromatic nitrogens is 1. The first kappa shape index (κ1) is 9.98. The molecule has 1 aliphatic rings. The molecule has 1 aromatic rings. The van der Waals surface area contributed by atoms with E-state index in [2.05, 4.69) is 16.9 Å². The SMILES string of the molecule is C=Cc1cc(Cl)c2c(n1)NC(=O)N(C)C2. The van der Waals surface area contributed by atoms with E-state index in [1.807, 2.05) is 0 Å². The first-order chi connectivity index (χ1) is 7.11. The fourth-order valence-electron chi connectivity index (χ4n) is 1.42. The molecule has 0 fully saturated rings. The summed E-state index contributed by atoms with van der Waals surface area (Å²) in [7, 11) is 1.70. The van der Waals surface area contributed by atoms with Crippen molar-refractivity contribution >= 4 is 29.5 Å². The van der Waals surface area contributed by atoms with Crippen LogP contribution in [-0.2, 0) is 6.54 Å². The quantitative estimate of drug-likeness (QED) is 0.795. The molecule has 78 valence electrons. The predicted molar refractivity (Wildman–Crippen MR) is 59.8 cm³/mol. The Bertz CT molecular complexity index is 445. The summed E-state index contributed by atoms with van der Waals surface area (Å²) in [6.45, 7) is 4.09. The van der Waals surface area contributed by atoms with Gasteiger partial charge in [-0.2, -0.15) is 0 Å². The number of anilines is 1. The van der Waals surface area contributed by atoms with Crippen LogP contribution >= 0.6 is 11.6 Å². The molecule has 5 heteroatoms. The van der Waals surface area contributed by atoms with E-state index in [-0.39, 0.29) is 6.03 Å². The molecule has 0 saturated carbocycles. The number of carbonyl (C=O) groups is 1. The number of hydrogen-bond acceptors (Lipinski definition) is 2. The van der Waals surface area contributed by atoms with Crippen molar-refractivity contribution in [3.05, 3.63) is 28.9 Å². The zero-order valence-corrected chi connectivity index (χ0v) is 9.01. The van der Waals surface area contributed by atoms with Gasteiger partial charge in [0.25, 0.3) is 0 Å². The molecule has 2 heterocycles. The molecule has 0 radical (unpaired) electrons. The van der Waals surface area contributed by atoms with E-state index in [1.165, 1.54) is 0 Å². The maximum Gasteiger partial charge on any atom is 0.323 e. The summed E-state index contributed by atoms with van der Waals surface area (Å²) >= 11 is 6.07. The van der Waals surface area contributed by atoms with Crippen LogP contribution in [0, 0.1) is 0 Å². The predicted octanol–water partition coefficient (Wildman–Crippen LogP) is 2.36. The minimum absolute atomic E-state index is 0.174. The largest absolute Gasteiger partial charge is 0.323 e. The Hall–Kier alpha value is -1.55. The lowest BCUT2D eigenvalue weighted by Crippen LogP contribution is -2.36. The van der Waals surface area contributed by atoms with E-state index >= 15 is 0 Å². The zero-order chi connectivity index (χ0) is 11.0. The summed E-state index contributed by atoms with van der Waals surface area (Å²) in [6.07, 6.45) is 1.59. The van der Waals surface area contributed by atoms with Crippen LogP contribution in [0.3, 0.4) is 0 Å². The molecule has 4 nitrogen and oxygen atoms in total. The summed E-state index contributed by atoms with van der Waals surface area (Å²) in [6, 6.07) is 1.56. The van der Waals surface area contributed by atoms with Gasteiger partial charge in [0.05, 0.1) is 17.3 Å². The van der Waals surface area contributed by atoms with Gasteiger partial charge >= 0.3 is 6.03 Å². The van der Waals surface area contributed by atoms with Gasteiger partial charge in [-0.15, -0.1) is 0 Å². The summed E-state index contributed by atoms with van der Waals surface area (Å²) in [4.78, 5) is 17.1. The van der Waals surface area contributed by atoms with Gasteiger partial charge in [0.15, 0.2) is 0 Å². The van der Waals surface area contributed by atoms with Gasteiger partial charge < -0.3 is 4.90 Å². The Morgan fingerprint density at radius 3 is 3.13 bits per heavy atom. The van der Waals surface area contributed by atoms with E-state index in [1.54, 1.807) is 24.1 Å². The maximum atomic E-state index is 11.4. The molecular weight excluding hydrogens is 214 g/mol. The third-order valence-corrected chi connectivity index (χ3v) is 2.60. The molecule has 2 amide bonds. The number of pyridine rings is 1. The highest BCUT2D eigenvalue weighted by atomic mass is 35.5. The van der Waals surface area contributed by atoms with Crippen LogP contribution in [0.4, 0.5) is 10.6 Å². The maximum absolute atomic E-state index is 11.4. The van der Waals surface area contributed by atoms with Crippen molar-refractivity contribution in [3.63, 3.8) is 0 Å². The molecule has 0 saturated heterocycles. The van der Waals surface area contributed by atoms with Crippen molar-refractivity contribution in [2.75, 3.05) is 12.4 Å². The third-order valence-electron chi connectivity index (χ3n) is 2.27. The highest BCUT2D eigenvalue weighted by Gasteiger charge is 2.22. The molecule has 2 rings (SSSR count). The van der Waals surface area contributed by atoms with Crippen LogP contribution < -0.4 is 5.32 Å². The summed E-state index contributed by atoms with van der Waals surface area (Å²) in [5.74, 6) is 0.528. The fraction of sp³-hybridized carbons (Fsp3) is 0.200. The zero-order valence-electron chi connectivity index (χ0n) is 8.25. The number of carbonyl (C=O) groups excluding carboxylic acids is 1. The highest BCUT2D eigenvalue weighted by molar-refractivity contribution is 6.32. The van der Waals surface area contributed by atoms with E-state index in [0.29, 0.717) is 23.1 Å². The van der Waals surface area contributed by atoms with Crippen LogP contribution in [0.15, 0.2) is 12.6 Å². The molecule has 1 aliphatic heterocycles. The minimum atomic E-state index is -0.174. The number of nitrogens with zero attached hydrogens (tertiary/aromatic N) is 2. The molecule has 0 bridgehead atoms. The number of hydrogen-bond donors (Lipinski definition) is 1. The van der Waals surface area contributed by atoms with Crippen molar-refractivity contribution in [3.8, 4) is 0 Å². The van der Waals surface area contributed by atoms with Gasteiger partial charge in [0.1, 0.15) is 5.82 Å². The van der Waals surface area contributed by atoms with Crippen molar-refractivity contribution in [2.24, 2.45) is 0 Å². The molecule has 0 spiro atoms. The minimum Gasteiger partial charge on any atom is -0.323 e. The van der Waals surface area contributed by atoms with Crippen LogP contribution in [-0.4, -0.2) is 23.0 Å². The average molecular weight is 224 g/mol. The Kier molecular flexibility index (Phi) is 2.36. The second-order valence-electron chi connectivity index (χ2n) is 3.35. The number of rotatable bonds is 1. The molecule has 1 aromatic heterocycles. The fourth-order valence-corrected chi connectivity index (χ4v) is 1.68. The first-order valence-corrected chi connectivity index (χ1v) is 4.83. The highest BCUT2D eigenvalue weighted by Crippen LogP contribution is 2.28. The van der Waals surface area contributed by atoms with Crippen LogP contribution in [0.1, 0.15) is 11.3 Å². The Morgan fingerprint density at radius 2 is 2.47 bits per heavy atom. The number of urea groups is 1. The topological polar surface area (TPSA) is 45.2 Å². The molecule has 15 heavy (non-hydrogen) atoms. The van der Waals surface area contributed by atoms with Gasteiger partial charge in [0, 0.05) is 12.6 Å². The second-order valence-corrected chi connectivity index (χ2v) is 3.75. The normalized spacial score (nSPS) is 14.5. The smallest absolute Gasteiger partial charge is 0.323 e. The van der Waals surface area contributed by atoms with Crippen LogP contribution in [0.5, 0.6) is 0 Å². The van der Waals surface area contributed by atoms with Crippen LogP contribution in [0.25, 0.3) is 6.08 Å². The summed E-state index contributed by atoms with van der Waals surface area (Å²) in [5.41, 5.74) is 1.49. The Morgan fingerprint density at radius 1 is 1.73 bits per heavy atom.